The van der Waals surface area contributed by atoms with Crippen LogP contribution >= 0.6 is 8.92 Å². The maximum absolute atomic E-state index is 6.25. The van der Waals surface area contributed by atoms with Crippen molar-refractivity contribution >= 4 is 27.6 Å². The van der Waals surface area contributed by atoms with Crippen molar-refractivity contribution in [1.82, 2.24) is 0 Å². The molecule has 62 valence electrons. The van der Waals surface area contributed by atoms with Gasteiger partial charge >= 0.3 is 76.0 Å². The number of hydrogen-bond acceptors (Lipinski definition) is 0. The van der Waals surface area contributed by atoms with Crippen molar-refractivity contribution in [3.8, 4) is 0 Å². The molecule has 0 radical (unpaired) electrons. The molecular formula is C8H19ClSn. The molecule has 0 amide bonds. The van der Waals surface area contributed by atoms with Gasteiger partial charge in [-0.05, 0) is 0 Å². The average Bonchev–Trinajstić information content (AvgIpc) is 1.97. The van der Waals surface area contributed by atoms with Crippen LogP contribution in [-0.4, -0.2) is 18.6 Å². The zero-order valence-electron chi connectivity index (χ0n) is 7.20. The Morgan fingerprint density at radius 2 is 1.40 bits per heavy atom. The van der Waals surface area contributed by atoms with Gasteiger partial charge in [0.25, 0.3) is 0 Å². The topological polar surface area (TPSA) is 0 Å². The summed E-state index contributed by atoms with van der Waals surface area (Å²) >= 11 is -1.38. The molecule has 0 heterocycles. The fraction of sp³-hybridized carbons (Fsp3) is 1.00. The van der Waals surface area contributed by atoms with Crippen molar-refractivity contribution in [1.29, 1.82) is 0 Å². The van der Waals surface area contributed by atoms with Crippen LogP contribution in [0.15, 0.2) is 0 Å². The molecule has 10 heavy (non-hydrogen) atoms. The van der Waals surface area contributed by atoms with E-state index in [1.54, 1.807) is 0 Å². The molecule has 0 bridgehead atoms. The minimum atomic E-state index is -1.38. The molecule has 0 unspecified atom stereocenters. The Bertz CT molecular complexity index is 58.3. The van der Waals surface area contributed by atoms with Crippen LogP contribution in [-0.2, 0) is 0 Å². The van der Waals surface area contributed by atoms with Gasteiger partial charge in [-0.15, -0.1) is 0 Å². The van der Waals surface area contributed by atoms with E-state index in [9.17, 15) is 0 Å². The first-order chi connectivity index (χ1) is 4.81. The summed E-state index contributed by atoms with van der Waals surface area (Å²) in [4.78, 5) is 0. The molecule has 0 aliphatic heterocycles. The molecule has 0 saturated carbocycles. The monoisotopic (exact) mass is 270 g/mol. The number of hydrogen-bond donors (Lipinski definition) is 0. The SMILES string of the molecule is CCC[CH2][SnH]([Cl])[CH2]CCC. The van der Waals surface area contributed by atoms with Crippen LogP contribution < -0.4 is 0 Å². The van der Waals surface area contributed by atoms with Gasteiger partial charge in [-0.25, -0.2) is 0 Å². The molecule has 0 aromatic rings. The van der Waals surface area contributed by atoms with Gasteiger partial charge in [0.1, 0.15) is 0 Å². The van der Waals surface area contributed by atoms with Crippen molar-refractivity contribution in [2.45, 2.75) is 48.4 Å². The van der Waals surface area contributed by atoms with Gasteiger partial charge in [-0.3, -0.25) is 0 Å². The van der Waals surface area contributed by atoms with E-state index in [-0.39, 0.29) is 0 Å². The fourth-order valence-corrected chi connectivity index (χ4v) is 8.75. The third-order valence-corrected chi connectivity index (χ3v) is 10.6. The van der Waals surface area contributed by atoms with Crippen molar-refractivity contribution in [2.75, 3.05) is 0 Å². The summed E-state index contributed by atoms with van der Waals surface area (Å²) in [6.45, 7) is 4.49. The molecule has 0 N–H and O–H groups in total. The van der Waals surface area contributed by atoms with Crippen molar-refractivity contribution in [2.24, 2.45) is 0 Å². The van der Waals surface area contributed by atoms with Gasteiger partial charge < -0.3 is 0 Å². The van der Waals surface area contributed by atoms with Crippen LogP contribution in [0.1, 0.15) is 39.5 Å². The third kappa shape index (κ3) is 7.20. The summed E-state index contributed by atoms with van der Waals surface area (Å²) < 4.78 is 2.83. The van der Waals surface area contributed by atoms with Crippen LogP contribution in [0.5, 0.6) is 0 Å². The second-order valence-corrected chi connectivity index (χ2v) is 13.7. The number of halogens is 1. The molecule has 0 spiro atoms. The molecule has 0 aromatic heterocycles. The van der Waals surface area contributed by atoms with Crippen molar-refractivity contribution < 1.29 is 0 Å². The molecule has 0 nitrogen and oxygen atoms in total. The third-order valence-electron chi connectivity index (χ3n) is 1.74. The zero-order valence-corrected chi connectivity index (χ0v) is 11.2. The molecular weight excluding hydrogens is 250 g/mol. The molecule has 0 rings (SSSR count). The van der Waals surface area contributed by atoms with E-state index in [1.807, 2.05) is 0 Å². The molecule has 0 aromatic carbocycles. The molecule has 0 atom stereocenters. The Kier molecular flexibility index (Phi) is 9.08. The van der Waals surface area contributed by atoms with Crippen LogP contribution in [0.4, 0.5) is 0 Å². The quantitative estimate of drug-likeness (QED) is 0.647. The van der Waals surface area contributed by atoms with E-state index in [0.717, 1.165) is 0 Å². The van der Waals surface area contributed by atoms with Crippen LogP contribution in [0.2, 0.25) is 8.87 Å². The Balaban J connectivity index is 3.00. The van der Waals surface area contributed by atoms with E-state index >= 15 is 0 Å². The van der Waals surface area contributed by atoms with Gasteiger partial charge in [0.05, 0.1) is 0 Å². The van der Waals surface area contributed by atoms with E-state index in [0.29, 0.717) is 0 Å². The molecule has 2 heteroatoms. The van der Waals surface area contributed by atoms with Gasteiger partial charge in [0.15, 0.2) is 0 Å². The second-order valence-electron chi connectivity index (χ2n) is 2.88. The molecule has 0 saturated heterocycles. The van der Waals surface area contributed by atoms with E-state index < -0.39 is 18.6 Å². The van der Waals surface area contributed by atoms with Crippen molar-refractivity contribution in [3.05, 3.63) is 0 Å². The Hall–Kier alpha value is 1.09. The standard InChI is InChI=1S/2C4H9.ClH.Sn.H/c2*1-3-4-2;;;/h2*1,3-4H2,2H3;1H;;/q;;;+1;/p-1. The summed E-state index contributed by atoms with van der Waals surface area (Å²) in [7, 11) is 6.25. The zero-order chi connectivity index (χ0) is 7.82. The fourth-order valence-electron chi connectivity index (χ4n) is 0.996. The first-order valence-electron chi connectivity index (χ1n) is 4.45. The van der Waals surface area contributed by atoms with E-state index in [1.165, 1.54) is 34.6 Å². The Morgan fingerprint density at radius 1 is 1.00 bits per heavy atom. The minimum absolute atomic E-state index is 1.33. The predicted molar refractivity (Wildman–Crippen MR) is 52.4 cm³/mol. The Labute approximate surface area is 75.8 Å². The van der Waals surface area contributed by atoms with Gasteiger partial charge in [-0.1, -0.05) is 0 Å². The van der Waals surface area contributed by atoms with Crippen LogP contribution in [0, 0.1) is 0 Å². The van der Waals surface area contributed by atoms with Crippen LogP contribution in [0.25, 0.3) is 0 Å². The van der Waals surface area contributed by atoms with Crippen LogP contribution in [0.3, 0.4) is 0 Å². The summed E-state index contributed by atoms with van der Waals surface area (Å²) in [6, 6.07) is 0. The summed E-state index contributed by atoms with van der Waals surface area (Å²) in [5.41, 5.74) is 0. The Morgan fingerprint density at radius 3 is 1.70 bits per heavy atom. The van der Waals surface area contributed by atoms with Gasteiger partial charge in [0, 0.05) is 0 Å². The predicted octanol–water partition coefficient (Wildman–Crippen LogP) is 3.55. The van der Waals surface area contributed by atoms with E-state index in [2.05, 4.69) is 13.8 Å². The first-order valence-corrected chi connectivity index (χ1v) is 13.3. The normalized spacial score (nSPS) is 10.8. The van der Waals surface area contributed by atoms with Gasteiger partial charge in [0.2, 0.25) is 0 Å². The van der Waals surface area contributed by atoms with Crippen molar-refractivity contribution in [3.63, 3.8) is 0 Å². The molecule has 0 aliphatic rings. The summed E-state index contributed by atoms with van der Waals surface area (Å²) in [5.74, 6) is 0. The average molecular weight is 269 g/mol. The molecule has 0 aliphatic carbocycles. The molecule has 0 fully saturated rings. The maximum atomic E-state index is 6.25. The summed E-state index contributed by atoms with van der Waals surface area (Å²) in [6.07, 6.45) is 5.42. The second kappa shape index (κ2) is 8.19. The van der Waals surface area contributed by atoms with E-state index in [4.69, 9.17) is 8.92 Å². The first kappa shape index (κ1) is 11.1. The van der Waals surface area contributed by atoms with Gasteiger partial charge in [-0.2, -0.15) is 0 Å². The summed E-state index contributed by atoms with van der Waals surface area (Å²) in [5, 5.41) is 0. The number of rotatable bonds is 6. The number of unbranched alkanes of at least 4 members (excludes halogenated alkanes) is 2.